The van der Waals surface area contributed by atoms with E-state index in [4.69, 9.17) is 0 Å². The summed E-state index contributed by atoms with van der Waals surface area (Å²) >= 11 is 0. The van der Waals surface area contributed by atoms with E-state index >= 15 is 0 Å². The van der Waals surface area contributed by atoms with E-state index < -0.39 is 0 Å². The van der Waals surface area contributed by atoms with Gasteiger partial charge in [-0.1, -0.05) is 65.8 Å². The highest BCUT2D eigenvalue weighted by atomic mass is 15.0. The Hall–Kier alpha value is -1.50. The van der Waals surface area contributed by atoms with Crippen molar-refractivity contribution < 1.29 is 0 Å². The first kappa shape index (κ1) is 18.8. The smallest absolute Gasteiger partial charge is 0.0310 e. The lowest BCUT2D eigenvalue weighted by Crippen LogP contribution is -2.23. The first-order valence-corrected chi connectivity index (χ1v) is 9.35. The number of nitrogens with zero attached hydrogens (tertiary/aromatic N) is 1. The van der Waals surface area contributed by atoms with Crippen LogP contribution in [0.25, 0.3) is 0 Å². The molecule has 24 heavy (non-hydrogen) atoms. The van der Waals surface area contributed by atoms with Gasteiger partial charge in [0.1, 0.15) is 0 Å². The van der Waals surface area contributed by atoms with Crippen LogP contribution in [0.2, 0.25) is 0 Å². The molecule has 0 aliphatic heterocycles. The molecule has 0 aliphatic rings. The minimum absolute atomic E-state index is 0.171. The van der Waals surface area contributed by atoms with E-state index in [0.717, 1.165) is 12.3 Å². The van der Waals surface area contributed by atoms with E-state index in [9.17, 15) is 0 Å². The molecule has 1 heteroatoms. The lowest BCUT2D eigenvalue weighted by molar-refractivity contribution is 0.374. The summed E-state index contributed by atoms with van der Waals surface area (Å²) in [5, 5.41) is 0. The van der Waals surface area contributed by atoms with Gasteiger partial charge in [-0.05, 0) is 59.8 Å². The highest BCUT2D eigenvalue weighted by Crippen LogP contribution is 2.35. The zero-order valence-corrected chi connectivity index (χ0v) is 16.6. The van der Waals surface area contributed by atoms with Crippen LogP contribution < -0.4 is 0 Å². The van der Waals surface area contributed by atoms with Crippen molar-refractivity contribution in [3.63, 3.8) is 0 Å². The molecule has 1 unspecified atom stereocenters. The fourth-order valence-corrected chi connectivity index (χ4v) is 4.11. The van der Waals surface area contributed by atoms with Crippen LogP contribution in [0.4, 0.5) is 0 Å². The van der Waals surface area contributed by atoms with Crippen LogP contribution in [0.3, 0.4) is 0 Å². The topological polar surface area (TPSA) is 4.93 Å². The van der Waals surface area contributed by atoms with Crippen LogP contribution in [0.5, 0.6) is 0 Å². The fourth-order valence-electron chi connectivity index (χ4n) is 4.11. The second-order valence-corrected chi connectivity index (χ2v) is 9.13. The van der Waals surface area contributed by atoms with Crippen molar-refractivity contribution in [2.45, 2.75) is 78.2 Å². The van der Waals surface area contributed by atoms with Gasteiger partial charge in [-0.3, -0.25) is 0 Å². The van der Waals surface area contributed by atoms with Crippen molar-refractivity contribution >= 4 is 0 Å². The van der Waals surface area contributed by atoms with E-state index in [1.165, 1.54) is 17.5 Å². The van der Waals surface area contributed by atoms with Crippen molar-refractivity contribution in [2.24, 2.45) is 5.92 Å². The maximum absolute atomic E-state index is 2.36. The highest BCUT2D eigenvalue weighted by molar-refractivity contribution is 5.32. The Morgan fingerprint density at radius 2 is 1.17 bits per heavy atom. The van der Waals surface area contributed by atoms with Crippen molar-refractivity contribution in [1.29, 1.82) is 0 Å². The quantitative estimate of drug-likeness (QED) is 0.531. The second kappa shape index (κ2) is 7.17. The Kier molecular flexibility index (Phi) is 5.63. The molecule has 2 aromatic rings. The van der Waals surface area contributed by atoms with Gasteiger partial charge in [0.25, 0.3) is 0 Å². The zero-order valence-electron chi connectivity index (χ0n) is 16.6. The summed E-state index contributed by atoms with van der Waals surface area (Å²) in [6.07, 6.45) is 6.69. The maximum atomic E-state index is 2.36. The number of aromatic nitrogens is 1. The van der Waals surface area contributed by atoms with E-state index in [0.29, 0.717) is 6.04 Å². The molecule has 1 atom stereocenters. The van der Waals surface area contributed by atoms with Gasteiger partial charge in [0.2, 0.25) is 0 Å². The molecule has 1 aromatic carbocycles. The van der Waals surface area contributed by atoms with Crippen molar-refractivity contribution in [1.82, 2.24) is 4.57 Å². The second-order valence-electron chi connectivity index (χ2n) is 9.13. The SMILES string of the molecule is CC(C)CC(C)(C)c1ccc(C(C)(C)CC(C)n2cccc2)cc1. The molecule has 0 fully saturated rings. The third kappa shape index (κ3) is 4.53. The summed E-state index contributed by atoms with van der Waals surface area (Å²) in [6, 6.07) is 14.1. The number of hydrogen-bond acceptors (Lipinski definition) is 0. The standard InChI is InChI=1S/C23H35N/c1-18(2)16-22(4,5)20-10-12-21(13-11-20)23(6,7)17-19(3)24-14-8-9-15-24/h8-15,18-19H,16-17H2,1-7H3. The van der Waals surface area contributed by atoms with E-state index in [1.807, 2.05) is 0 Å². The molecule has 0 saturated heterocycles. The molecule has 0 aliphatic carbocycles. The molecular formula is C23H35N. The number of hydrogen-bond donors (Lipinski definition) is 0. The van der Waals surface area contributed by atoms with Crippen LogP contribution in [0.1, 0.15) is 78.5 Å². The Balaban J connectivity index is 2.14. The van der Waals surface area contributed by atoms with Crippen molar-refractivity contribution in [3.8, 4) is 0 Å². The van der Waals surface area contributed by atoms with Gasteiger partial charge < -0.3 is 4.57 Å². The molecule has 0 bridgehead atoms. The van der Waals surface area contributed by atoms with Crippen molar-refractivity contribution in [2.75, 3.05) is 0 Å². The largest absolute Gasteiger partial charge is 0.352 e. The molecule has 0 N–H and O–H groups in total. The van der Waals surface area contributed by atoms with Crippen LogP contribution >= 0.6 is 0 Å². The third-order valence-electron chi connectivity index (χ3n) is 5.31. The summed E-state index contributed by atoms with van der Waals surface area (Å²) in [7, 11) is 0. The normalized spacial score (nSPS) is 14.2. The average Bonchev–Trinajstić information content (AvgIpc) is 3.00. The number of rotatable bonds is 7. The third-order valence-corrected chi connectivity index (χ3v) is 5.31. The first-order chi connectivity index (χ1) is 11.1. The highest BCUT2D eigenvalue weighted by Gasteiger charge is 2.26. The van der Waals surface area contributed by atoms with Gasteiger partial charge in [-0.2, -0.15) is 0 Å². The summed E-state index contributed by atoms with van der Waals surface area (Å²) < 4.78 is 2.31. The summed E-state index contributed by atoms with van der Waals surface area (Å²) in [4.78, 5) is 0. The predicted octanol–water partition coefficient (Wildman–Crippen LogP) is 6.74. The fraction of sp³-hybridized carbons (Fsp3) is 0.565. The molecule has 2 rings (SSSR count). The van der Waals surface area contributed by atoms with Gasteiger partial charge in [-0.25, -0.2) is 0 Å². The summed E-state index contributed by atoms with van der Waals surface area (Å²) in [6.45, 7) is 16.4. The van der Waals surface area contributed by atoms with Crippen LogP contribution in [0.15, 0.2) is 48.8 Å². The Morgan fingerprint density at radius 1 is 0.750 bits per heavy atom. The molecule has 132 valence electrons. The van der Waals surface area contributed by atoms with Crippen LogP contribution in [0, 0.1) is 5.92 Å². The summed E-state index contributed by atoms with van der Waals surface area (Å²) in [5.41, 5.74) is 3.31. The molecule has 0 saturated carbocycles. The van der Waals surface area contributed by atoms with E-state index in [1.54, 1.807) is 0 Å². The maximum Gasteiger partial charge on any atom is 0.0310 e. The van der Waals surface area contributed by atoms with Gasteiger partial charge in [0.05, 0.1) is 0 Å². The zero-order chi connectivity index (χ0) is 18.0. The molecule has 0 spiro atoms. The Labute approximate surface area is 149 Å². The first-order valence-electron chi connectivity index (χ1n) is 9.35. The minimum Gasteiger partial charge on any atom is -0.352 e. The lowest BCUT2D eigenvalue weighted by atomic mass is 9.75. The Morgan fingerprint density at radius 3 is 1.58 bits per heavy atom. The Bertz CT molecular complexity index is 615. The monoisotopic (exact) mass is 325 g/mol. The molecule has 0 radical (unpaired) electrons. The minimum atomic E-state index is 0.171. The van der Waals surface area contributed by atoms with E-state index in [2.05, 4.69) is 102 Å². The van der Waals surface area contributed by atoms with Gasteiger partial charge in [0, 0.05) is 18.4 Å². The average molecular weight is 326 g/mol. The number of benzene rings is 1. The van der Waals surface area contributed by atoms with Gasteiger partial charge in [0.15, 0.2) is 0 Å². The van der Waals surface area contributed by atoms with Gasteiger partial charge >= 0.3 is 0 Å². The molecule has 1 nitrogen and oxygen atoms in total. The lowest BCUT2D eigenvalue weighted by Gasteiger charge is -2.31. The summed E-state index contributed by atoms with van der Waals surface area (Å²) in [5.74, 6) is 0.721. The molecule has 0 amide bonds. The van der Waals surface area contributed by atoms with Crippen molar-refractivity contribution in [3.05, 3.63) is 59.9 Å². The molecule has 1 aromatic heterocycles. The van der Waals surface area contributed by atoms with Crippen LogP contribution in [-0.2, 0) is 10.8 Å². The van der Waals surface area contributed by atoms with E-state index in [-0.39, 0.29) is 10.8 Å². The predicted molar refractivity (Wildman–Crippen MR) is 106 cm³/mol. The molecular weight excluding hydrogens is 290 g/mol. The van der Waals surface area contributed by atoms with Gasteiger partial charge in [-0.15, -0.1) is 0 Å². The van der Waals surface area contributed by atoms with Crippen LogP contribution in [-0.4, -0.2) is 4.57 Å². The molecule has 1 heterocycles.